The number of carbonyl (C=O) groups excluding carboxylic acids is 1. The van der Waals surface area contributed by atoms with Gasteiger partial charge in [0.25, 0.3) is 0 Å². The van der Waals surface area contributed by atoms with Gasteiger partial charge in [-0.15, -0.1) is 12.6 Å². The van der Waals surface area contributed by atoms with E-state index in [1.165, 1.54) is 6.20 Å². The van der Waals surface area contributed by atoms with Gasteiger partial charge in [0.15, 0.2) is 10.8 Å². The number of hydrogen-bond donors (Lipinski definition) is 1. The summed E-state index contributed by atoms with van der Waals surface area (Å²) in [6, 6.07) is 12.6. The van der Waals surface area contributed by atoms with Gasteiger partial charge >= 0.3 is 5.97 Å². The van der Waals surface area contributed by atoms with Gasteiger partial charge in [-0.05, 0) is 46.9 Å². The molecule has 2 aliphatic rings. The van der Waals surface area contributed by atoms with Crippen LogP contribution in [0.4, 0.5) is 0 Å². The molecule has 0 amide bonds. The molecule has 0 saturated carbocycles. The molecule has 3 heterocycles. The van der Waals surface area contributed by atoms with Crippen molar-refractivity contribution < 1.29 is 28.5 Å². The van der Waals surface area contributed by atoms with Crippen LogP contribution in [0.1, 0.15) is 31.3 Å². The molecule has 1 aromatic heterocycles. The fourth-order valence-electron chi connectivity index (χ4n) is 4.64. The van der Waals surface area contributed by atoms with Gasteiger partial charge in [-0.2, -0.15) is 0 Å². The number of rotatable bonds is 7. The van der Waals surface area contributed by atoms with Crippen molar-refractivity contribution in [3.8, 4) is 0 Å². The summed E-state index contributed by atoms with van der Waals surface area (Å²) in [6.07, 6.45) is 1.08. The van der Waals surface area contributed by atoms with E-state index in [-0.39, 0.29) is 19.8 Å². The number of hydrogen-bond acceptors (Lipinski definition) is 9. The molecule has 0 N–H and O–H groups in total. The van der Waals surface area contributed by atoms with Gasteiger partial charge in [0.2, 0.25) is 5.60 Å². The zero-order valence-corrected chi connectivity index (χ0v) is 21.6. The normalized spacial score (nSPS) is 34.3. The van der Waals surface area contributed by atoms with Crippen molar-refractivity contribution in [2.45, 2.75) is 47.3 Å². The largest absolute Gasteiger partial charge is 0.464 e. The molecule has 12 heteroatoms. The minimum atomic E-state index is -2.03. The number of thiol groups is 1. The third-order valence-corrected chi connectivity index (χ3v) is 7.31. The number of azide groups is 1. The Kier molecular flexibility index (Phi) is 7.72. The maximum Gasteiger partial charge on any atom is 0.343 e. The molecule has 186 valence electrons. The minimum Gasteiger partial charge on any atom is -0.464 e. The van der Waals surface area contributed by atoms with Crippen molar-refractivity contribution in [2.75, 3.05) is 19.8 Å². The second-order valence-corrected chi connectivity index (χ2v) is 9.72. The number of esters is 1. The first kappa shape index (κ1) is 25.9. The highest BCUT2D eigenvalue weighted by molar-refractivity contribution is 9.10. The summed E-state index contributed by atoms with van der Waals surface area (Å²) < 4.78 is 28.9. The Morgan fingerprint density at radius 2 is 2.06 bits per heavy atom. The van der Waals surface area contributed by atoms with Crippen LogP contribution in [0.2, 0.25) is 0 Å². The second kappa shape index (κ2) is 10.4. The summed E-state index contributed by atoms with van der Waals surface area (Å²) in [7, 11) is 0. The van der Waals surface area contributed by atoms with Gasteiger partial charge in [-0.3, -0.25) is 4.98 Å². The second-order valence-electron chi connectivity index (χ2n) is 7.91. The van der Waals surface area contributed by atoms with E-state index in [0.29, 0.717) is 5.56 Å². The molecule has 1 aromatic carbocycles. The Morgan fingerprint density at radius 1 is 1.29 bits per heavy atom. The van der Waals surface area contributed by atoms with E-state index in [1.54, 1.807) is 32.2 Å². The highest BCUT2D eigenvalue weighted by Gasteiger charge is 2.76. The maximum absolute atomic E-state index is 13.7. The van der Waals surface area contributed by atoms with Crippen LogP contribution < -0.4 is 0 Å². The van der Waals surface area contributed by atoms with Crippen molar-refractivity contribution >= 4 is 34.5 Å². The van der Waals surface area contributed by atoms with Crippen molar-refractivity contribution in [3.05, 3.63) is 76.4 Å². The summed E-state index contributed by atoms with van der Waals surface area (Å²) >= 11 is 8.25. The molecular formula is C23H25BrN4O6S. The van der Waals surface area contributed by atoms with Gasteiger partial charge in [-0.25, -0.2) is 4.79 Å². The zero-order chi connectivity index (χ0) is 25.1. The summed E-state index contributed by atoms with van der Waals surface area (Å²) in [5, 5.41) is 4.24. The lowest BCUT2D eigenvalue weighted by molar-refractivity contribution is -0.345. The van der Waals surface area contributed by atoms with Gasteiger partial charge < -0.3 is 23.7 Å². The minimum absolute atomic E-state index is 0.0116. The Hall–Kier alpha value is -2.18. The Bertz CT molecular complexity index is 1090. The molecule has 2 aliphatic heterocycles. The fraction of sp³-hybridized carbons (Fsp3) is 0.478. The van der Waals surface area contributed by atoms with Gasteiger partial charge in [0.1, 0.15) is 17.1 Å². The van der Waals surface area contributed by atoms with Gasteiger partial charge in [-0.1, -0.05) is 41.5 Å². The molecule has 0 bridgehead atoms. The molecule has 0 spiro atoms. The van der Waals surface area contributed by atoms with Crippen molar-refractivity contribution in [3.63, 3.8) is 0 Å². The number of alkyl halides is 1. The molecule has 2 aromatic rings. The molecule has 2 saturated heterocycles. The summed E-state index contributed by atoms with van der Waals surface area (Å²) in [5.74, 6) is -0.806. The average Bonchev–Trinajstić information content (AvgIpc) is 2.87. The highest BCUT2D eigenvalue weighted by Crippen LogP contribution is 2.59. The van der Waals surface area contributed by atoms with Gasteiger partial charge in [0.05, 0.1) is 13.2 Å². The van der Waals surface area contributed by atoms with Crippen LogP contribution in [-0.4, -0.2) is 52.4 Å². The first-order chi connectivity index (χ1) is 16.9. The third-order valence-electron chi connectivity index (χ3n) is 6.01. The molecule has 2 fully saturated rings. The number of carbonyl (C=O) groups is 1. The summed E-state index contributed by atoms with van der Waals surface area (Å²) in [5.41, 5.74) is 5.82. The number of aromatic nitrogens is 1. The number of halogens is 1. The number of ether oxygens (including phenoxy) is 5. The van der Waals surface area contributed by atoms with Crippen LogP contribution in [0.3, 0.4) is 0 Å². The predicted molar refractivity (Wildman–Crippen MR) is 132 cm³/mol. The van der Waals surface area contributed by atoms with E-state index < -0.39 is 39.4 Å². The predicted octanol–water partition coefficient (Wildman–Crippen LogP) is 4.42. The fourth-order valence-corrected chi connectivity index (χ4v) is 6.11. The van der Waals surface area contributed by atoms with E-state index >= 15 is 0 Å². The molecule has 2 unspecified atom stereocenters. The van der Waals surface area contributed by atoms with Crippen LogP contribution in [0.25, 0.3) is 10.4 Å². The topological polar surface area (TPSA) is 125 Å². The third kappa shape index (κ3) is 4.13. The Morgan fingerprint density at radius 3 is 2.69 bits per heavy atom. The Labute approximate surface area is 216 Å². The Balaban J connectivity index is 2.01. The molecule has 0 radical (unpaired) electrons. The van der Waals surface area contributed by atoms with Crippen LogP contribution >= 0.6 is 28.6 Å². The van der Waals surface area contributed by atoms with Crippen molar-refractivity contribution in [2.24, 2.45) is 5.11 Å². The quantitative estimate of drug-likeness (QED) is 0.132. The van der Waals surface area contributed by atoms with Crippen LogP contribution in [0, 0.1) is 0 Å². The summed E-state index contributed by atoms with van der Waals surface area (Å²) in [4.78, 5) is 21.1. The number of fused-ring (bicyclic) bond motifs is 1. The standard InChI is InChI=1S/C23H25BrN4O6S/c1-3-30-19(29)23(32-4-2)20(35)34-21(24)14-31-17(15-9-6-5-7-10-15)33-18(21)22(23,27-28-25)16-11-8-12-26-13-16/h5-13,17-18,20,35H,3-4,14H2,1-2H3/t17?,18-,20+,21-,22?,23-/m0/s1. The number of nitrogens with zero attached hydrogens (tertiary/aromatic N) is 4. The molecule has 4 rings (SSSR count). The number of benzene rings is 1. The highest BCUT2D eigenvalue weighted by atomic mass is 79.9. The first-order valence-electron chi connectivity index (χ1n) is 11.0. The van der Waals surface area contributed by atoms with Crippen LogP contribution in [0.5, 0.6) is 0 Å². The lowest BCUT2D eigenvalue weighted by atomic mass is 9.67. The van der Waals surface area contributed by atoms with Crippen molar-refractivity contribution in [1.82, 2.24) is 4.98 Å². The first-order valence-corrected chi connectivity index (χ1v) is 12.3. The van der Waals surface area contributed by atoms with Crippen molar-refractivity contribution in [1.29, 1.82) is 0 Å². The number of pyridine rings is 1. The average molecular weight is 565 g/mol. The van der Waals surface area contributed by atoms with E-state index in [1.807, 2.05) is 30.3 Å². The van der Waals surface area contributed by atoms with E-state index in [9.17, 15) is 10.3 Å². The van der Waals surface area contributed by atoms with Gasteiger partial charge in [0, 0.05) is 29.5 Å². The molecular weight excluding hydrogens is 540 g/mol. The SMILES string of the molecule is CCOC(=O)[C@]1(OCC)[C@@H](S)O[C@@]2(Br)COC(c3ccccc3)O[C@@H]2C1(N=[N+]=[N-])c1cccnc1. The molecule has 35 heavy (non-hydrogen) atoms. The molecule has 6 atom stereocenters. The summed E-state index contributed by atoms with van der Waals surface area (Å²) in [6.45, 7) is 3.47. The zero-order valence-electron chi connectivity index (χ0n) is 19.1. The van der Waals surface area contributed by atoms with E-state index in [2.05, 4.69) is 43.6 Å². The smallest absolute Gasteiger partial charge is 0.343 e. The molecule has 0 aliphatic carbocycles. The van der Waals surface area contributed by atoms with Crippen LogP contribution in [-0.2, 0) is 34.0 Å². The monoisotopic (exact) mass is 564 g/mol. The van der Waals surface area contributed by atoms with E-state index in [0.717, 1.165) is 5.56 Å². The lowest BCUT2D eigenvalue weighted by Crippen LogP contribution is -2.78. The maximum atomic E-state index is 13.7. The van der Waals surface area contributed by atoms with E-state index in [4.69, 9.17) is 23.7 Å². The lowest BCUT2D eigenvalue weighted by Gasteiger charge is -2.60. The van der Waals surface area contributed by atoms with Crippen LogP contribution in [0.15, 0.2) is 60.0 Å². The molecule has 10 nitrogen and oxygen atoms in total.